The molecule has 0 radical (unpaired) electrons. The molecule has 0 aromatic heterocycles. The van der Waals surface area contributed by atoms with Crippen LogP contribution in [0.4, 0.5) is 10.1 Å². The van der Waals surface area contributed by atoms with Gasteiger partial charge in [-0.3, -0.25) is 4.79 Å². The Balaban J connectivity index is 2.22. The van der Waals surface area contributed by atoms with E-state index in [0.29, 0.717) is 13.0 Å². The van der Waals surface area contributed by atoms with Gasteiger partial charge >= 0.3 is 0 Å². The predicted molar refractivity (Wildman–Crippen MR) is 81.1 cm³/mol. The van der Waals surface area contributed by atoms with Crippen LogP contribution in [0.3, 0.4) is 0 Å². The molecule has 116 valence electrons. The number of halogens is 1. The topological polar surface area (TPSA) is 43.8 Å². The van der Waals surface area contributed by atoms with Crippen LogP contribution in [0.15, 0.2) is 18.2 Å². The minimum atomic E-state index is -0.487. The monoisotopic (exact) mass is 294 g/mol. The van der Waals surface area contributed by atoms with Gasteiger partial charge in [-0.2, -0.15) is 0 Å². The fourth-order valence-electron chi connectivity index (χ4n) is 2.83. The molecule has 1 N–H and O–H groups in total. The number of hydrogen-bond acceptors (Lipinski definition) is 3. The molecule has 0 spiro atoms. The zero-order valence-corrected chi connectivity index (χ0v) is 12.7. The average Bonchev–Trinajstić information content (AvgIpc) is 2.47. The minimum absolute atomic E-state index is 0.0178. The lowest BCUT2D eigenvalue weighted by Gasteiger charge is -2.35. The van der Waals surface area contributed by atoms with Gasteiger partial charge in [0.05, 0.1) is 5.56 Å². The van der Waals surface area contributed by atoms with Crippen molar-refractivity contribution in [3.63, 3.8) is 0 Å². The number of hydrogen-bond donors (Lipinski definition) is 1. The van der Waals surface area contributed by atoms with E-state index in [-0.39, 0.29) is 24.1 Å². The van der Waals surface area contributed by atoms with Gasteiger partial charge in [0, 0.05) is 39.0 Å². The van der Waals surface area contributed by atoms with E-state index in [1.807, 2.05) is 14.1 Å². The summed E-state index contributed by atoms with van der Waals surface area (Å²) in [7, 11) is 3.66. The van der Waals surface area contributed by atoms with Crippen molar-refractivity contribution in [2.75, 3.05) is 32.1 Å². The highest BCUT2D eigenvalue weighted by Crippen LogP contribution is 2.24. The molecule has 0 bridgehead atoms. The highest BCUT2D eigenvalue weighted by molar-refractivity contribution is 5.95. The van der Waals surface area contributed by atoms with Crippen molar-refractivity contribution in [3.8, 4) is 0 Å². The third kappa shape index (κ3) is 3.53. The Morgan fingerprint density at radius 2 is 2.19 bits per heavy atom. The van der Waals surface area contributed by atoms with Crippen molar-refractivity contribution in [3.05, 3.63) is 29.6 Å². The molecule has 21 heavy (non-hydrogen) atoms. The summed E-state index contributed by atoms with van der Waals surface area (Å²) in [5, 5.41) is 9.12. The molecular weight excluding hydrogens is 271 g/mol. The molecule has 1 aromatic carbocycles. The maximum Gasteiger partial charge on any atom is 0.257 e. The largest absolute Gasteiger partial charge is 0.396 e. The summed E-state index contributed by atoms with van der Waals surface area (Å²) in [6, 6.07) is 4.71. The Kier molecular flexibility index (Phi) is 5.17. The molecule has 1 fully saturated rings. The Hall–Kier alpha value is -1.62. The standard InChI is InChI=1S/C16H23FN2O2/c1-18(2)13-6-7-14(15(17)11-13)16(21)19-9-4-3-5-12(19)8-10-20/h6-7,11-12,20H,3-5,8-10H2,1-2H3. The molecule has 0 aliphatic carbocycles. The van der Waals surface area contributed by atoms with Crippen molar-refractivity contribution in [2.45, 2.75) is 31.7 Å². The summed E-state index contributed by atoms with van der Waals surface area (Å²) >= 11 is 0. The lowest BCUT2D eigenvalue weighted by molar-refractivity contribution is 0.0570. The van der Waals surface area contributed by atoms with Gasteiger partial charge in [0.2, 0.25) is 0 Å². The van der Waals surface area contributed by atoms with Crippen LogP contribution in [0.2, 0.25) is 0 Å². The number of anilines is 1. The Morgan fingerprint density at radius 1 is 1.43 bits per heavy atom. The molecule has 1 heterocycles. The van der Waals surface area contributed by atoms with Gasteiger partial charge in [0.15, 0.2) is 0 Å². The van der Waals surface area contributed by atoms with E-state index in [1.165, 1.54) is 6.07 Å². The predicted octanol–water partition coefficient (Wildman–Crippen LogP) is 2.27. The van der Waals surface area contributed by atoms with Crippen LogP contribution < -0.4 is 4.90 Å². The maximum atomic E-state index is 14.2. The molecule has 1 aliphatic rings. The molecular formula is C16H23FN2O2. The van der Waals surface area contributed by atoms with Gasteiger partial charge in [-0.15, -0.1) is 0 Å². The summed E-state index contributed by atoms with van der Waals surface area (Å²) in [5.41, 5.74) is 0.847. The van der Waals surface area contributed by atoms with E-state index < -0.39 is 5.82 Å². The first-order chi connectivity index (χ1) is 10.0. The molecule has 1 amide bonds. The molecule has 0 saturated carbocycles. The normalized spacial score (nSPS) is 18.7. The molecule has 1 atom stereocenters. The van der Waals surface area contributed by atoms with Crippen molar-refractivity contribution in [1.82, 2.24) is 4.90 Å². The van der Waals surface area contributed by atoms with E-state index >= 15 is 0 Å². The van der Waals surface area contributed by atoms with E-state index in [1.54, 1.807) is 21.9 Å². The molecule has 1 unspecified atom stereocenters. The van der Waals surface area contributed by atoms with Crippen LogP contribution in [0.1, 0.15) is 36.0 Å². The second kappa shape index (κ2) is 6.89. The number of rotatable bonds is 4. The van der Waals surface area contributed by atoms with Crippen LogP contribution in [0, 0.1) is 5.82 Å². The molecule has 1 aliphatic heterocycles. The summed E-state index contributed by atoms with van der Waals surface area (Å²) < 4.78 is 14.2. The average molecular weight is 294 g/mol. The zero-order chi connectivity index (χ0) is 15.4. The zero-order valence-electron chi connectivity index (χ0n) is 12.7. The van der Waals surface area contributed by atoms with Gasteiger partial charge in [0.25, 0.3) is 5.91 Å². The number of aliphatic hydroxyl groups is 1. The van der Waals surface area contributed by atoms with Crippen LogP contribution in [0.5, 0.6) is 0 Å². The number of nitrogens with zero attached hydrogens (tertiary/aromatic N) is 2. The summed E-state index contributed by atoms with van der Waals surface area (Å²) in [4.78, 5) is 16.1. The van der Waals surface area contributed by atoms with Gasteiger partial charge < -0.3 is 14.9 Å². The van der Waals surface area contributed by atoms with Crippen molar-refractivity contribution in [1.29, 1.82) is 0 Å². The third-order valence-corrected chi connectivity index (χ3v) is 4.05. The Bertz CT molecular complexity index is 503. The van der Waals surface area contributed by atoms with E-state index in [9.17, 15) is 9.18 Å². The van der Waals surface area contributed by atoms with E-state index in [2.05, 4.69) is 0 Å². The number of carbonyl (C=O) groups is 1. The highest BCUT2D eigenvalue weighted by atomic mass is 19.1. The Morgan fingerprint density at radius 3 is 2.81 bits per heavy atom. The van der Waals surface area contributed by atoms with Crippen molar-refractivity contribution >= 4 is 11.6 Å². The van der Waals surface area contributed by atoms with E-state index in [4.69, 9.17) is 5.11 Å². The maximum absolute atomic E-state index is 14.2. The molecule has 5 heteroatoms. The van der Waals surface area contributed by atoms with Gasteiger partial charge in [0.1, 0.15) is 5.82 Å². The lowest BCUT2D eigenvalue weighted by atomic mass is 9.98. The number of benzene rings is 1. The SMILES string of the molecule is CN(C)c1ccc(C(=O)N2CCCCC2CCO)c(F)c1. The van der Waals surface area contributed by atoms with Crippen LogP contribution in [-0.4, -0.2) is 49.2 Å². The fourth-order valence-corrected chi connectivity index (χ4v) is 2.83. The highest BCUT2D eigenvalue weighted by Gasteiger charge is 2.28. The first-order valence-corrected chi connectivity index (χ1v) is 7.43. The van der Waals surface area contributed by atoms with Gasteiger partial charge in [-0.25, -0.2) is 4.39 Å². The fraction of sp³-hybridized carbons (Fsp3) is 0.562. The van der Waals surface area contributed by atoms with Crippen LogP contribution >= 0.6 is 0 Å². The quantitative estimate of drug-likeness (QED) is 0.926. The second-order valence-electron chi connectivity index (χ2n) is 5.72. The number of carbonyl (C=O) groups excluding carboxylic acids is 1. The number of amides is 1. The second-order valence-corrected chi connectivity index (χ2v) is 5.72. The lowest BCUT2D eigenvalue weighted by Crippen LogP contribution is -2.44. The summed E-state index contributed by atoms with van der Waals surface area (Å²) in [5.74, 6) is -0.754. The smallest absolute Gasteiger partial charge is 0.257 e. The molecule has 4 nitrogen and oxygen atoms in total. The first-order valence-electron chi connectivity index (χ1n) is 7.43. The third-order valence-electron chi connectivity index (χ3n) is 4.05. The van der Waals surface area contributed by atoms with Gasteiger partial charge in [-0.05, 0) is 43.9 Å². The van der Waals surface area contributed by atoms with Crippen molar-refractivity contribution in [2.24, 2.45) is 0 Å². The number of aliphatic hydroxyl groups excluding tert-OH is 1. The number of likely N-dealkylation sites (tertiary alicyclic amines) is 1. The molecule has 1 saturated heterocycles. The first kappa shape index (κ1) is 15.8. The molecule has 1 aromatic rings. The molecule has 2 rings (SSSR count). The van der Waals surface area contributed by atoms with Crippen LogP contribution in [0.25, 0.3) is 0 Å². The van der Waals surface area contributed by atoms with Crippen LogP contribution in [-0.2, 0) is 0 Å². The summed E-state index contributed by atoms with van der Waals surface area (Å²) in [6.07, 6.45) is 3.43. The van der Waals surface area contributed by atoms with Crippen molar-refractivity contribution < 1.29 is 14.3 Å². The Labute approximate surface area is 125 Å². The van der Waals surface area contributed by atoms with E-state index in [0.717, 1.165) is 24.9 Å². The van der Waals surface area contributed by atoms with Gasteiger partial charge in [-0.1, -0.05) is 0 Å². The number of piperidine rings is 1. The summed E-state index contributed by atoms with van der Waals surface area (Å²) in [6.45, 7) is 0.689. The minimum Gasteiger partial charge on any atom is -0.396 e.